The molecule has 0 bridgehead atoms. The molecular formula is C24H38N2O4S. The van der Waals surface area contributed by atoms with Crippen molar-refractivity contribution in [2.75, 3.05) is 25.7 Å². The minimum atomic E-state index is -0.619. The second-order valence-electron chi connectivity index (χ2n) is 9.28. The van der Waals surface area contributed by atoms with Crippen LogP contribution in [-0.4, -0.2) is 54.2 Å². The maximum atomic E-state index is 13.2. The number of thioether (sulfide) groups is 1. The largest absolute Gasteiger partial charge is 0.497 e. The van der Waals surface area contributed by atoms with Gasteiger partial charge in [-0.1, -0.05) is 31.4 Å². The van der Waals surface area contributed by atoms with Gasteiger partial charge in [0, 0.05) is 19.3 Å². The van der Waals surface area contributed by atoms with E-state index in [1.807, 2.05) is 45.0 Å². The van der Waals surface area contributed by atoms with Crippen molar-refractivity contribution in [1.82, 2.24) is 10.2 Å². The number of carbonyl (C=O) groups excluding carboxylic acids is 2. The van der Waals surface area contributed by atoms with Crippen LogP contribution in [0.4, 0.5) is 4.79 Å². The molecule has 1 aromatic rings. The first-order valence-electron chi connectivity index (χ1n) is 11.1. The van der Waals surface area contributed by atoms with Crippen molar-refractivity contribution in [1.29, 1.82) is 0 Å². The highest BCUT2D eigenvalue weighted by atomic mass is 32.2. The molecule has 31 heavy (non-hydrogen) atoms. The highest BCUT2D eigenvalue weighted by Crippen LogP contribution is 2.27. The number of rotatable bonds is 9. The van der Waals surface area contributed by atoms with E-state index < -0.39 is 17.7 Å². The first-order valence-corrected chi connectivity index (χ1v) is 12.3. The van der Waals surface area contributed by atoms with E-state index in [4.69, 9.17) is 9.47 Å². The predicted octanol–water partition coefficient (Wildman–Crippen LogP) is 4.86. The zero-order chi connectivity index (χ0) is 22.9. The molecular weight excluding hydrogens is 412 g/mol. The monoisotopic (exact) mass is 450 g/mol. The zero-order valence-electron chi connectivity index (χ0n) is 19.6. The molecule has 0 saturated heterocycles. The molecule has 0 aromatic heterocycles. The number of amides is 2. The Bertz CT molecular complexity index is 697. The molecule has 6 nitrogen and oxygen atoms in total. The molecule has 1 fully saturated rings. The Morgan fingerprint density at radius 1 is 1.16 bits per heavy atom. The van der Waals surface area contributed by atoms with Gasteiger partial charge in [-0.2, -0.15) is 11.8 Å². The molecule has 1 aliphatic carbocycles. The standard InChI is InChI=1S/C24H38N2O4S/c1-24(2,3)30-23(28)25-21(17-31-16-19-9-7-6-8-10-19)22(27)26(4)15-18-11-13-20(29-5)14-12-18/h11-14,19,21H,6-10,15-17H2,1-5H3,(H,25,28)/t21-/m0/s1. The van der Waals surface area contributed by atoms with Gasteiger partial charge in [0.1, 0.15) is 17.4 Å². The van der Waals surface area contributed by atoms with Gasteiger partial charge in [-0.3, -0.25) is 4.79 Å². The highest BCUT2D eigenvalue weighted by molar-refractivity contribution is 7.99. The Kier molecular flexibility index (Phi) is 10.0. The van der Waals surface area contributed by atoms with Crippen LogP contribution >= 0.6 is 11.8 Å². The van der Waals surface area contributed by atoms with Crippen molar-refractivity contribution < 1.29 is 19.1 Å². The van der Waals surface area contributed by atoms with Gasteiger partial charge in [0.25, 0.3) is 0 Å². The summed E-state index contributed by atoms with van der Waals surface area (Å²) < 4.78 is 10.6. The van der Waals surface area contributed by atoms with E-state index >= 15 is 0 Å². The average molecular weight is 451 g/mol. The van der Waals surface area contributed by atoms with Gasteiger partial charge in [-0.05, 0) is 63.0 Å². The number of alkyl carbamates (subject to hydrolysis) is 1. The Balaban J connectivity index is 1.97. The van der Waals surface area contributed by atoms with Crippen LogP contribution in [0.25, 0.3) is 0 Å². The highest BCUT2D eigenvalue weighted by Gasteiger charge is 2.27. The lowest BCUT2D eigenvalue weighted by Crippen LogP contribution is -2.50. The van der Waals surface area contributed by atoms with E-state index in [2.05, 4.69) is 5.32 Å². The number of likely N-dealkylation sites (N-methyl/N-ethyl adjacent to an activating group) is 1. The van der Waals surface area contributed by atoms with E-state index in [1.54, 1.807) is 30.8 Å². The smallest absolute Gasteiger partial charge is 0.408 e. The molecule has 174 valence electrons. The fourth-order valence-electron chi connectivity index (χ4n) is 3.68. The number of carbonyl (C=O) groups is 2. The summed E-state index contributed by atoms with van der Waals surface area (Å²) >= 11 is 1.75. The van der Waals surface area contributed by atoms with Crippen LogP contribution in [0.1, 0.15) is 58.4 Å². The molecule has 0 radical (unpaired) electrons. The van der Waals surface area contributed by atoms with Gasteiger partial charge in [0.05, 0.1) is 7.11 Å². The molecule has 1 aromatic carbocycles. The molecule has 0 heterocycles. The maximum Gasteiger partial charge on any atom is 0.408 e. The molecule has 1 saturated carbocycles. The molecule has 1 atom stereocenters. The summed E-state index contributed by atoms with van der Waals surface area (Å²) in [5, 5.41) is 2.80. The fraction of sp³-hybridized carbons (Fsp3) is 0.667. The minimum Gasteiger partial charge on any atom is -0.497 e. The number of hydrogen-bond acceptors (Lipinski definition) is 5. The topological polar surface area (TPSA) is 67.9 Å². The van der Waals surface area contributed by atoms with E-state index in [-0.39, 0.29) is 5.91 Å². The Morgan fingerprint density at radius 3 is 2.39 bits per heavy atom. The number of methoxy groups -OCH3 is 1. The fourth-order valence-corrected chi connectivity index (χ4v) is 4.94. The van der Waals surface area contributed by atoms with Crippen LogP contribution in [0.3, 0.4) is 0 Å². The lowest BCUT2D eigenvalue weighted by Gasteiger charge is -2.27. The molecule has 1 aliphatic rings. The van der Waals surface area contributed by atoms with E-state index in [9.17, 15) is 9.59 Å². The summed E-state index contributed by atoms with van der Waals surface area (Å²) in [5.41, 5.74) is 0.393. The Hall–Kier alpha value is -1.89. The molecule has 0 aliphatic heterocycles. The van der Waals surface area contributed by atoms with Crippen molar-refractivity contribution >= 4 is 23.8 Å². The van der Waals surface area contributed by atoms with Crippen LogP contribution < -0.4 is 10.1 Å². The second kappa shape index (κ2) is 12.2. The number of hydrogen-bond donors (Lipinski definition) is 1. The second-order valence-corrected chi connectivity index (χ2v) is 10.4. The predicted molar refractivity (Wildman–Crippen MR) is 127 cm³/mol. The lowest BCUT2D eigenvalue weighted by molar-refractivity contribution is -0.132. The minimum absolute atomic E-state index is 0.113. The maximum absolute atomic E-state index is 13.2. The summed E-state index contributed by atoms with van der Waals surface area (Å²) in [7, 11) is 3.39. The van der Waals surface area contributed by atoms with Crippen molar-refractivity contribution in [3.8, 4) is 5.75 Å². The third-order valence-electron chi connectivity index (χ3n) is 5.31. The lowest BCUT2D eigenvalue weighted by atomic mass is 9.91. The van der Waals surface area contributed by atoms with Gasteiger partial charge >= 0.3 is 6.09 Å². The Labute approximate surface area is 191 Å². The summed E-state index contributed by atoms with van der Waals surface area (Å²) in [4.78, 5) is 27.2. The van der Waals surface area contributed by atoms with Crippen LogP contribution in [0.5, 0.6) is 5.75 Å². The summed E-state index contributed by atoms with van der Waals surface area (Å²) in [6.45, 7) is 5.91. The average Bonchev–Trinajstić information content (AvgIpc) is 2.72. The van der Waals surface area contributed by atoms with Crippen LogP contribution in [-0.2, 0) is 16.1 Å². The Morgan fingerprint density at radius 2 is 1.81 bits per heavy atom. The van der Waals surface area contributed by atoms with Crippen molar-refractivity contribution in [3.63, 3.8) is 0 Å². The van der Waals surface area contributed by atoms with Crippen LogP contribution in [0.15, 0.2) is 24.3 Å². The van der Waals surface area contributed by atoms with Crippen molar-refractivity contribution in [2.24, 2.45) is 5.92 Å². The normalized spacial score (nSPS) is 15.8. The quantitative estimate of drug-likeness (QED) is 0.582. The van der Waals surface area contributed by atoms with Crippen molar-refractivity contribution in [2.45, 2.75) is 71.1 Å². The van der Waals surface area contributed by atoms with Crippen LogP contribution in [0.2, 0.25) is 0 Å². The molecule has 1 N–H and O–H groups in total. The SMILES string of the molecule is COc1ccc(CN(C)C(=O)[C@H](CSCC2CCCCC2)NC(=O)OC(C)(C)C)cc1. The summed E-state index contributed by atoms with van der Waals surface area (Å²) in [6.07, 6.45) is 5.91. The van der Waals surface area contributed by atoms with E-state index in [0.29, 0.717) is 18.2 Å². The van der Waals surface area contributed by atoms with E-state index in [1.165, 1.54) is 32.1 Å². The van der Waals surface area contributed by atoms with E-state index in [0.717, 1.165) is 17.1 Å². The summed E-state index contributed by atoms with van der Waals surface area (Å²) in [5.74, 6) is 2.95. The number of nitrogens with zero attached hydrogens (tertiary/aromatic N) is 1. The van der Waals surface area contributed by atoms with Gasteiger partial charge in [0.2, 0.25) is 5.91 Å². The molecule has 0 unspecified atom stereocenters. The first kappa shape index (κ1) is 25.4. The molecule has 7 heteroatoms. The third kappa shape index (κ3) is 9.42. The third-order valence-corrected chi connectivity index (χ3v) is 6.58. The van der Waals surface area contributed by atoms with Gasteiger partial charge in [0.15, 0.2) is 0 Å². The van der Waals surface area contributed by atoms with Crippen LogP contribution in [0, 0.1) is 5.92 Å². The summed E-state index contributed by atoms with van der Waals surface area (Å²) in [6, 6.07) is 7.02. The van der Waals surface area contributed by atoms with Gasteiger partial charge in [-0.25, -0.2) is 4.79 Å². The number of benzene rings is 1. The first-order chi connectivity index (χ1) is 14.7. The van der Waals surface area contributed by atoms with Crippen molar-refractivity contribution in [3.05, 3.63) is 29.8 Å². The van der Waals surface area contributed by atoms with Gasteiger partial charge < -0.3 is 19.7 Å². The van der Waals surface area contributed by atoms with Gasteiger partial charge in [-0.15, -0.1) is 0 Å². The molecule has 2 rings (SSSR count). The number of nitrogens with one attached hydrogen (secondary N) is 1. The molecule has 2 amide bonds. The molecule has 0 spiro atoms. The zero-order valence-corrected chi connectivity index (χ0v) is 20.4. The number of ether oxygens (including phenoxy) is 2.